The summed E-state index contributed by atoms with van der Waals surface area (Å²) in [6, 6.07) is 10.5. The highest BCUT2D eigenvalue weighted by Crippen LogP contribution is 2.12. The molecule has 0 radical (unpaired) electrons. The van der Waals surface area contributed by atoms with Crippen molar-refractivity contribution in [3.8, 4) is 0 Å². The van der Waals surface area contributed by atoms with Crippen LogP contribution in [0, 0.1) is 5.92 Å². The lowest BCUT2D eigenvalue weighted by molar-refractivity contribution is 0.263. The van der Waals surface area contributed by atoms with E-state index in [0.29, 0.717) is 12.5 Å². The fraction of sp³-hybridized carbons (Fsp3) is 0.462. The smallest absolute Gasteiger partial charge is 0.0999 e. The van der Waals surface area contributed by atoms with Gasteiger partial charge in [-0.15, -0.1) is 0 Å². The molecule has 0 aromatic heterocycles. The summed E-state index contributed by atoms with van der Waals surface area (Å²) in [5, 5.41) is 12.3. The van der Waals surface area contributed by atoms with Crippen molar-refractivity contribution in [1.82, 2.24) is 5.32 Å². The van der Waals surface area contributed by atoms with E-state index >= 15 is 0 Å². The van der Waals surface area contributed by atoms with Crippen LogP contribution in [0.5, 0.6) is 0 Å². The Kier molecular flexibility index (Phi) is 3.57. The molecule has 1 aliphatic rings. The van der Waals surface area contributed by atoms with Crippen molar-refractivity contribution >= 4 is 5.84 Å². The molecule has 0 aliphatic carbocycles. The molecule has 2 N–H and O–H groups in total. The van der Waals surface area contributed by atoms with Crippen molar-refractivity contribution in [2.75, 3.05) is 13.2 Å². The molecule has 0 bridgehead atoms. The van der Waals surface area contributed by atoms with Gasteiger partial charge in [0.2, 0.25) is 0 Å². The Labute approximate surface area is 96.2 Å². The maximum atomic E-state index is 9.02. The first kappa shape index (κ1) is 11.1. The molecule has 0 fully saturated rings. The first-order chi connectivity index (χ1) is 7.79. The van der Waals surface area contributed by atoms with Gasteiger partial charge in [0.1, 0.15) is 0 Å². The number of aliphatic imine (C=N–C) groups is 1. The van der Waals surface area contributed by atoms with Gasteiger partial charge < -0.3 is 10.4 Å². The zero-order chi connectivity index (χ0) is 11.4. The molecule has 0 spiro atoms. The minimum absolute atomic E-state index is 0.119. The van der Waals surface area contributed by atoms with E-state index in [2.05, 4.69) is 41.5 Å². The van der Waals surface area contributed by atoms with E-state index in [4.69, 9.17) is 5.11 Å². The van der Waals surface area contributed by atoms with Crippen LogP contribution in [0.1, 0.15) is 12.5 Å². The van der Waals surface area contributed by atoms with Gasteiger partial charge in [0.05, 0.1) is 25.0 Å². The van der Waals surface area contributed by atoms with Gasteiger partial charge in [0.15, 0.2) is 0 Å². The lowest BCUT2D eigenvalue weighted by Gasteiger charge is -2.14. The third-order valence-corrected chi connectivity index (χ3v) is 2.91. The van der Waals surface area contributed by atoms with Crippen molar-refractivity contribution in [2.45, 2.75) is 19.4 Å². The predicted molar refractivity (Wildman–Crippen MR) is 65.6 cm³/mol. The van der Waals surface area contributed by atoms with Crippen molar-refractivity contribution in [2.24, 2.45) is 10.9 Å². The number of rotatable bonds is 4. The highest BCUT2D eigenvalue weighted by atomic mass is 16.3. The average Bonchev–Trinajstić information content (AvgIpc) is 2.79. The second-order valence-corrected chi connectivity index (χ2v) is 4.34. The van der Waals surface area contributed by atoms with Crippen LogP contribution in [0.2, 0.25) is 0 Å². The van der Waals surface area contributed by atoms with Crippen LogP contribution in [0.25, 0.3) is 0 Å². The van der Waals surface area contributed by atoms with Crippen LogP contribution in [-0.2, 0) is 6.42 Å². The second-order valence-electron chi connectivity index (χ2n) is 4.34. The number of nitrogens with one attached hydrogen (secondary N) is 1. The molecule has 1 heterocycles. The molecule has 2 atom stereocenters. The Hall–Kier alpha value is -1.35. The molecule has 3 nitrogen and oxygen atoms in total. The number of aliphatic hydroxyl groups excluding tert-OH is 1. The fourth-order valence-electron chi connectivity index (χ4n) is 1.97. The lowest BCUT2D eigenvalue weighted by Crippen LogP contribution is -2.36. The van der Waals surface area contributed by atoms with Crippen LogP contribution < -0.4 is 5.32 Å². The Morgan fingerprint density at radius 1 is 1.44 bits per heavy atom. The number of hydrogen-bond acceptors (Lipinski definition) is 3. The van der Waals surface area contributed by atoms with E-state index < -0.39 is 0 Å². The van der Waals surface area contributed by atoms with Crippen LogP contribution in [0.15, 0.2) is 35.3 Å². The highest BCUT2D eigenvalue weighted by Gasteiger charge is 2.20. The minimum Gasteiger partial charge on any atom is -0.394 e. The molecule has 1 aromatic carbocycles. The third kappa shape index (κ3) is 2.61. The summed E-state index contributed by atoms with van der Waals surface area (Å²) in [6.07, 6.45) is 0.991. The van der Waals surface area contributed by atoms with Gasteiger partial charge in [0.25, 0.3) is 0 Å². The molecule has 2 rings (SSSR count). The number of nitrogens with zero attached hydrogens (tertiary/aromatic N) is 1. The zero-order valence-corrected chi connectivity index (χ0v) is 9.56. The summed E-state index contributed by atoms with van der Waals surface area (Å²) >= 11 is 0. The summed E-state index contributed by atoms with van der Waals surface area (Å²) in [7, 11) is 0. The van der Waals surface area contributed by atoms with Gasteiger partial charge in [-0.25, -0.2) is 0 Å². The summed E-state index contributed by atoms with van der Waals surface area (Å²) < 4.78 is 0. The summed E-state index contributed by atoms with van der Waals surface area (Å²) in [5.74, 6) is 1.42. The first-order valence-electron chi connectivity index (χ1n) is 5.75. The third-order valence-electron chi connectivity index (χ3n) is 2.91. The van der Waals surface area contributed by atoms with Crippen LogP contribution in [0.4, 0.5) is 0 Å². The number of benzene rings is 1. The largest absolute Gasteiger partial charge is 0.394 e. The van der Waals surface area contributed by atoms with Gasteiger partial charge >= 0.3 is 0 Å². The molecule has 16 heavy (non-hydrogen) atoms. The Morgan fingerprint density at radius 3 is 2.81 bits per heavy atom. The van der Waals surface area contributed by atoms with Crippen molar-refractivity contribution in [1.29, 1.82) is 0 Å². The highest BCUT2D eigenvalue weighted by molar-refractivity contribution is 5.86. The van der Waals surface area contributed by atoms with Gasteiger partial charge in [-0.2, -0.15) is 0 Å². The zero-order valence-electron chi connectivity index (χ0n) is 9.56. The molecule has 0 amide bonds. The van der Waals surface area contributed by atoms with Crippen LogP contribution >= 0.6 is 0 Å². The van der Waals surface area contributed by atoms with E-state index in [-0.39, 0.29) is 12.6 Å². The van der Waals surface area contributed by atoms with Crippen molar-refractivity contribution in [3.05, 3.63) is 35.9 Å². The van der Waals surface area contributed by atoms with E-state index in [0.717, 1.165) is 12.3 Å². The fourth-order valence-corrected chi connectivity index (χ4v) is 1.97. The second kappa shape index (κ2) is 5.12. The molecule has 1 aliphatic heterocycles. The predicted octanol–water partition coefficient (Wildman–Crippen LogP) is 1.23. The molecule has 3 heteroatoms. The van der Waals surface area contributed by atoms with Crippen LogP contribution in [0.3, 0.4) is 0 Å². The van der Waals surface area contributed by atoms with E-state index in [1.165, 1.54) is 5.56 Å². The molecular weight excluding hydrogens is 200 g/mol. The van der Waals surface area contributed by atoms with E-state index in [9.17, 15) is 0 Å². The Balaban J connectivity index is 1.92. The molecule has 0 saturated carbocycles. The van der Waals surface area contributed by atoms with Gasteiger partial charge in [-0.1, -0.05) is 37.3 Å². The van der Waals surface area contributed by atoms with Crippen molar-refractivity contribution in [3.63, 3.8) is 0 Å². The average molecular weight is 218 g/mol. The molecule has 86 valence electrons. The lowest BCUT2D eigenvalue weighted by atomic mass is 10.0. The van der Waals surface area contributed by atoms with Crippen LogP contribution in [-0.4, -0.2) is 30.1 Å². The maximum Gasteiger partial charge on any atom is 0.0999 e. The SMILES string of the molecule is CC(Cc1ccccc1)C1=NCC(CO)N1. The quantitative estimate of drug-likeness (QED) is 0.798. The first-order valence-corrected chi connectivity index (χ1v) is 5.75. The molecule has 1 aromatic rings. The van der Waals surface area contributed by atoms with Gasteiger partial charge in [0, 0.05) is 5.92 Å². The summed E-state index contributed by atoms with van der Waals surface area (Å²) in [4.78, 5) is 4.43. The topological polar surface area (TPSA) is 44.6 Å². The summed E-state index contributed by atoms with van der Waals surface area (Å²) in [5.41, 5.74) is 1.33. The Bertz CT molecular complexity index is 361. The summed E-state index contributed by atoms with van der Waals surface area (Å²) in [6.45, 7) is 3.02. The van der Waals surface area contributed by atoms with E-state index in [1.807, 2.05) is 6.07 Å². The molecule has 0 saturated heterocycles. The van der Waals surface area contributed by atoms with Gasteiger partial charge in [-0.05, 0) is 12.0 Å². The molecule has 2 unspecified atom stereocenters. The van der Waals surface area contributed by atoms with Gasteiger partial charge in [-0.3, -0.25) is 4.99 Å². The normalized spacial score (nSPS) is 21.4. The van der Waals surface area contributed by atoms with Crippen molar-refractivity contribution < 1.29 is 5.11 Å². The molecular formula is C13H18N2O. The standard InChI is InChI=1S/C13H18N2O/c1-10(7-11-5-3-2-4-6-11)13-14-8-12(9-16)15-13/h2-6,10,12,16H,7-9H2,1H3,(H,14,15). The number of hydrogen-bond donors (Lipinski definition) is 2. The maximum absolute atomic E-state index is 9.02. The number of amidine groups is 1. The minimum atomic E-state index is 0.119. The Morgan fingerprint density at radius 2 is 2.19 bits per heavy atom. The number of aliphatic hydroxyl groups is 1. The van der Waals surface area contributed by atoms with E-state index in [1.54, 1.807) is 0 Å². The monoisotopic (exact) mass is 218 g/mol.